The first-order chi connectivity index (χ1) is 12.6. The molecule has 0 saturated carbocycles. The highest BCUT2D eigenvalue weighted by molar-refractivity contribution is 5.90. The molecule has 4 N–H and O–H groups in total. The molecule has 1 fully saturated rings. The van der Waals surface area contributed by atoms with E-state index in [1.54, 1.807) is 0 Å². The number of carbonyl (C=O) groups excluding carboxylic acids is 2. The van der Waals surface area contributed by atoms with E-state index in [4.69, 9.17) is 10.5 Å². The number of benzene rings is 1. The topological polar surface area (TPSA) is 96.7 Å². The quantitative estimate of drug-likeness (QED) is 0.611. The maximum absolute atomic E-state index is 12.1. The van der Waals surface area contributed by atoms with Gasteiger partial charge in [0.15, 0.2) is 0 Å². The number of rotatable bonds is 9. The Kier molecular flexibility index (Phi) is 8.53. The zero-order valence-corrected chi connectivity index (χ0v) is 15.5. The van der Waals surface area contributed by atoms with Crippen LogP contribution in [-0.2, 0) is 20.9 Å². The second kappa shape index (κ2) is 10.9. The Morgan fingerprint density at radius 1 is 1.31 bits per heavy atom. The number of hydrogen-bond donors (Lipinski definition) is 3. The number of anilines is 1. The largest absolute Gasteiger partial charge is 0.379 e. The van der Waals surface area contributed by atoms with Gasteiger partial charge in [-0.2, -0.15) is 0 Å². The van der Waals surface area contributed by atoms with Crippen molar-refractivity contribution in [2.75, 3.05) is 38.2 Å². The maximum Gasteiger partial charge on any atom is 0.237 e. The predicted molar refractivity (Wildman–Crippen MR) is 102 cm³/mol. The van der Waals surface area contributed by atoms with Gasteiger partial charge < -0.3 is 21.1 Å². The van der Waals surface area contributed by atoms with Gasteiger partial charge in [-0.25, -0.2) is 0 Å². The van der Waals surface area contributed by atoms with Crippen LogP contribution in [0.3, 0.4) is 0 Å². The lowest BCUT2D eigenvalue weighted by atomic mass is 10.1. The molecule has 0 bridgehead atoms. The number of carbonyl (C=O) groups is 2. The van der Waals surface area contributed by atoms with E-state index in [2.05, 4.69) is 15.5 Å². The van der Waals surface area contributed by atoms with E-state index in [9.17, 15) is 9.59 Å². The van der Waals surface area contributed by atoms with Gasteiger partial charge in [0.2, 0.25) is 11.8 Å². The van der Waals surface area contributed by atoms with Crippen LogP contribution < -0.4 is 16.4 Å². The highest BCUT2D eigenvalue weighted by Gasteiger charge is 2.13. The van der Waals surface area contributed by atoms with Gasteiger partial charge in [0.05, 0.1) is 19.3 Å². The van der Waals surface area contributed by atoms with Crippen LogP contribution in [0.25, 0.3) is 0 Å². The summed E-state index contributed by atoms with van der Waals surface area (Å²) in [6.45, 7) is 6.35. The Balaban J connectivity index is 1.76. The number of nitrogens with two attached hydrogens (primary N) is 1. The fraction of sp³-hybridized carbons (Fsp3) is 0.579. The third-order valence-corrected chi connectivity index (χ3v) is 4.37. The normalized spacial score (nSPS) is 16.1. The first kappa shape index (κ1) is 20.4. The Morgan fingerprint density at radius 2 is 2.08 bits per heavy atom. The fourth-order valence-corrected chi connectivity index (χ4v) is 2.83. The summed E-state index contributed by atoms with van der Waals surface area (Å²) in [6, 6.07) is 7.03. The van der Waals surface area contributed by atoms with Gasteiger partial charge in [-0.05, 0) is 24.1 Å². The van der Waals surface area contributed by atoms with Gasteiger partial charge >= 0.3 is 0 Å². The van der Waals surface area contributed by atoms with Crippen LogP contribution >= 0.6 is 0 Å². The molecule has 1 saturated heterocycles. The van der Waals surface area contributed by atoms with Crippen molar-refractivity contribution in [3.8, 4) is 0 Å². The van der Waals surface area contributed by atoms with E-state index in [1.165, 1.54) is 0 Å². The number of nitrogens with one attached hydrogen (secondary N) is 2. The van der Waals surface area contributed by atoms with E-state index in [0.29, 0.717) is 19.4 Å². The monoisotopic (exact) mass is 362 g/mol. The van der Waals surface area contributed by atoms with E-state index < -0.39 is 6.04 Å². The number of nitrogens with zero attached hydrogens (tertiary/aromatic N) is 1. The second-order valence-electron chi connectivity index (χ2n) is 6.57. The van der Waals surface area contributed by atoms with Crippen LogP contribution in [0.4, 0.5) is 5.69 Å². The van der Waals surface area contributed by atoms with Crippen molar-refractivity contribution in [3.05, 3.63) is 29.8 Å². The SMILES string of the molecule is CCCC(N)C(=O)NCc1cccc(NC(=O)CCN2CCOCC2)c1. The van der Waals surface area contributed by atoms with Gasteiger partial charge in [0.1, 0.15) is 0 Å². The number of morpholine rings is 1. The van der Waals surface area contributed by atoms with Crippen molar-refractivity contribution in [3.63, 3.8) is 0 Å². The molecule has 7 heteroatoms. The Labute approximate surface area is 155 Å². The average Bonchev–Trinajstić information content (AvgIpc) is 2.66. The van der Waals surface area contributed by atoms with Gasteiger partial charge in [0, 0.05) is 38.3 Å². The molecule has 2 rings (SSSR count). The van der Waals surface area contributed by atoms with Crippen molar-refractivity contribution in [2.45, 2.75) is 38.8 Å². The average molecular weight is 362 g/mol. The van der Waals surface area contributed by atoms with Gasteiger partial charge in [-0.1, -0.05) is 25.5 Å². The number of hydrogen-bond acceptors (Lipinski definition) is 5. The number of ether oxygens (including phenoxy) is 1. The lowest BCUT2D eigenvalue weighted by Gasteiger charge is -2.26. The minimum Gasteiger partial charge on any atom is -0.379 e. The van der Waals surface area contributed by atoms with Crippen molar-refractivity contribution in [2.24, 2.45) is 5.73 Å². The van der Waals surface area contributed by atoms with Crippen LogP contribution in [0.2, 0.25) is 0 Å². The molecule has 1 atom stereocenters. The summed E-state index contributed by atoms with van der Waals surface area (Å²) >= 11 is 0. The Morgan fingerprint density at radius 3 is 2.81 bits per heavy atom. The van der Waals surface area contributed by atoms with E-state index in [-0.39, 0.29) is 11.8 Å². The Bertz CT molecular complexity index is 588. The van der Waals surface area contributed by atoms with Crippen molar-refractivity contribution in [1.82, 2.24) is 10.2 Å². The molecular weight excluding hydrogens is 332 g/mol. The highest BCUT2D eigenvalue weighted by Crippen LogP contribution is 2.11. The summed E-state index contributed by atoms with van der Waals surface area (Å²) in [5, 5.41) is 5.76. The van der Waals surface area contributed by atoms with Crippen LogP contribution in [0.1, 0.15) is 31.7 Å². The molecule has 7 nitrogen and oxygen atoms in total. The Hall–Kier alpha value is -1.96. The molecule has 0 aromatic heterocycles. The first-order valence-corrected chi connectivity index (χ1v) is 9.30. The molecule has 0 spiro atoms. The lowest BCUT2D eigenvalue weighted by Crippen LogP contribution is -2.40. The third kappa shape index (κ3) is 7.11. The van der Waals surface area contributed by atoms with Crippen molar-refractivity contribution >= 4 is 17.5 Å². The van der Waals surface area contributed by atoms with Crippen molar-refractivity contribution < 1.29 is 14.3 Å². The molecule has 0 aliphatic carbocycles. The van der Waals surface area contributed by atoms with E-state index in [0.717, 1.165) is 50.5 Å². The summed E-state index contributed by atoms with van der Waals surface area (Å²) in [5.74, 6) is -0.158. The minimum atomic E-state index is -0.469. The molecule has 1 aliphatic rings. The van der Waals surface area contributed by atoms with Crippen LogP contribution in [-0.4, -0.2) is 55.6 Å². The molecule has 1 heterocycles. The molecule has 1 aromatic rings. The van der Waals surface area contributed by atoms with E-state index >= 15 is 0 Å². The second-order valence-corrected chi connectivity index (χ2v) is 6.57. The highest BCUT2D eigenvalue weighted by atomic mass is 16.5. The van der Waals surface area contributed by atoms with E-state index in [1.807, 2.05) is 31.2 Å². The van der Waals surface area contributed by atoms with Gasteiger partial charge in [-0.15, -0.1) is 0 Å². The third-order valence-electron chi connectivity index (χ3n) is 4.37. The molecule has 0 radical (unpaired) electrons. The smallest absolute Gasteiger partial charge is 0.237 e. The molecule has 144 valence electrons. The summed E-state index contributed by atoms with van der Waals surface area (Å²) in [6.07, 6.45) is 2.00. The standard InChI is InChI=1S/C19H30N4O3/c1-2-4-17(20)19(25)21-14-15-5-3-6-16(13-15)22-18(24)7-8-23-9-11-26-12-10-23/h3,5-6,13,17H,2,4,7-12,14,20H2,1H3,(H,21,25)(H,22,24). The first-order valence-electron chi connectivity index (χ1n) is 9.30. The van der Waals surface area contributed by atoms with Crippen LogP contribution in [0.15, 0.2) is 24.3 Å². The van der Waals surface area contributed by atoms with Crippen LogP contribution in [0.5, 0.6) is 0 Å². The molecule has 26 heavy (non-hydrogen) atoms. The van der Waals surface area contributed by atoms with Crippen LogP contribution in [0, 0.1) is 0 Å². The summed E-state index contributed by atoms with van der Waals surface area (Å²) in [4.78, 5) is 26.3. The predicted octanol–water partition coefficient (Wildman–Crippen LogP) is 1.09. The minimum absolute atomic E-state index is 0.0114. The molecule has 1 aliphatic heterocycles. The zero-order chi connectivity index (χ0) is 18.8. The molecule has 1 aromatic carbocycles. The van der Waals surface area contributed by atoms with Gasteiger partial charge in [-0.3, -0.25) is 14.5 Å². The summed E-state index contributed by atoms with van der Waals surface area (Å²) in [5.41, 5.74) is 7.46. The number of amides is 2. The van der Waals surface area contributed by atoms with Crippen molar-refractivity contribution in [1.29, 1.82) is 0 Å². The molecular formula is C19H30N4O3. The zero-order valence-electron chi connectivity index (χ0n) is 15.5. The summed E-state index contributed by atoms with van der Waals surface area (Å²) < 4.78 is 5.30. The molecule has 1 unspecified atom stereocenters. The summed E-state index contributed by atoms with van der Waals surface area (Å²) in [7, 11) is 0. The van der Waals surface area contributed by atoms with Gasteiger partial charge in [0.25, 0.3) is 0 Å². The fourth-order valence-electron chi connectivity index (χ4n) is 2.83. The lowest BCUT2D eigenvalue weighted by molar-refractivity contribution is -0.122. The molecule has 2 amide bonds. The maximum atomic E-state index is 12.1.